The molecule has 0 saturated carbocycles. The maximum absolute atomic E-state index is 12.7. The van der Waals surface area contributed by atoms with Crippen LogP contribution in [-0.4, -0.2) is 28.5 Å². The zero-order chi connectivity index (χ0) is 16.4. The van der Waals surface area contributed by atoms with Crippen LogP contribution in [0.5, 0.6) is 5.75 Å². The Kier molecular flexibility index (Phi) is 4.78. The highest BCUT2D eigenvalue weighted by molar-refractivity contribution is 6.37. The molecule has 0 bridgehead atoms. The number of carboxylic acid groups (broad SMARTS) is 1. The van der Waals surface area contributed by atoms with Crippen LogP contribution in [-0.2, 0) is 18.3 Å². The normalized spacial score (nSPS) is 10.5. The second kappa shape index (κ2) is 6.42. The molecular weight excluding hydrogens is 329 g/mol. The van der Waals surface area contributed by atoms with Gasteiger partial charge in [-0.1, -0.05) is 23.2 Å². The van der Waals surface area contributed by atoms with Gasteiger partial charge in [-0.3, -0.25) is 9.59 Å². The third-order valence-electron chi connectivity index (χ3n) is 3.24. The number of aromatic nitrogens is 1. The molecule has 22 heavy (non-hydrogen) atoms. The molecule has 116 valence electrons. The average Bonchev–Trinajstić information content (AvgIpc) is 2.74. The third kappa shape index (κ3) is 3.10. The topological polar surface area (TPSA) is 68.5 Å². The fourth-order valence-electron chi connectivity index (χ4n) is 2.17. The zero-order valence-corrected chi connectivity index (χ0v) is 13.4. The first kappa shape index (κ1) is 16.4. The fourth-order valence-corrected chi connectivity index (χ4v) is 2.67. The van der Waals surface area contributed by atoms with Crippen LogP contribution in [0.1, 0.15) is 21.7 Å². The first-order chi connectivity index (χ1) is 10.3. The molecule has 1 aromatic heterocycles. The van der Waals surface area contributed by atoms with Crippen LogP contribution in [0.25, 0.3) is 0 Å². The fraction of sp³-hybridized carbons (Fsp3) is 0.200. The summed E-state index contributed by atoms with van der Waals surface area (Å²) in [5.74, 6) is -1.06. The largest absolute Gasteiger partial charge is 0.494 e. The number of aliphatic carboxylic acids is 1. The lowest BCUT2D eigenvalue weighted by Crippen LogP contribution is -2.12. The Morgan fingerprint density at radius 3 is 2.50 bits per heavy atom. The number of hydrogen-bond donors (Lipinski definition) is 1. The maximum Gasteiger partial charge on any atom is 0.309 e. The van der Waals surface area contributed by atoms with Crippen LogP contribution in [0.3, 0.4) is 0 Å². The van der Waals surface area contributed by atoms with E-state index in [1.54, 1.807) is 13.1 Å². The Morgan fingerprint density at radius 2 is 1.95 bits per heavy atom. The molecule has 0 unspecified atom stereocenters. The molecule has 0 aliphatic heterocycles. The van der Waals surface area contributed by atoms with Gasteiger partial charge >= 0.3 is 5.97 Å². The smallest absolute Gasteiger partial charge is 0.309 e. The zero-order valence-electron chi connectivity index (χ0n) is 11.9. The van der Waals surface area contributed by atoms with Gasteiger partial charge in [0.05, 0.1) is 18.6 Å². The van der Waals surface area contributed by atoms with E-state index in [0.717, 1.165) is 0 Å². The molecule has 7 heteroatoms. The van der Waals surface area contributed by atoms with E-state index in [-0.39, 0.29) is 28.5 Å². The van der Waals surface area contributed by atoms with E-state index >= 15 is 0 Å². The monoisotopic (exact) mass is 341 g/mol. The van der Waals surface area contributed by atoms with Gasteiger partial charge in [-0.15, -0.1) is 0 Å². The first-order valence-electron chi connectivity index (χ1n) is 6.29. The average molecular weight is 342 g/mol. The third-order valence-corrected chi connectivity index (χ3v) is 3.79. The summed E-state index contributed by atoms with van der Waals surface area (Å²) in [6.45, 7) is 0. The van der Waals surface area contributed by atoms with Crippen molar-refractivity contribution in [1.82, 2.24) is 4.57 Å². The number of carbonyl (C=O) groups is 2. The van der Waals surface area contributed by atoms with Crippen molar-refractivity contribution < 1.29 is 19.4 Å². The summed E-state index contributed by atoms with van der Waals surface area (Å²) in [4.78, 5) is 23.6. The number of carboxylic acids is 1. The molecule has 1 N–H and O–H groups in total. The van der Waals surface area contributed by atoms with Gasteiger partial charge in [0.15, 0.2) is 0 Å². The highest BCUT2D eigenvalue weighted by Crippen LogP contribution is 2.29. The van der Waals surface area contributed by atoms with Gasteiger partial charge in [0.25, 0.3) is 0 Å². The molecule has 0 saturated heterocycles. The van der Waals surface area contributed by atoms with E-state index in [9.17, 15) is 9.59 Å². The Balaban J connectivity index is 2.53. The van der Waals surface area contributed by atoms with Gasteiger partial charge in [0.2, 0.25) is 5.78 Å². The lowest BCUT2D eigenvalue weighted by atomic mass is 10.1. The van der Waals surface area contributed by atoms with Gasteiger partial charge in [-0.2, -0.15) is 0 Å². The van der Waals surface area contributed by atoms with E-state index in [1.807, 2.05) is 0 Å². The number of benzene rings is 1. The predicted octanol–water partition coefficient (Wildman–Crippen LogP) is 3.20. The van der Waals surface area contributed by atoms with Crippen molar-refractivity contribution in [1.29, 1.82) is 0 Å². The molecule has 2 rings (SSSR count). The highest BCUT2D eigenvalue weighted by atomic mass is 35.5. The molecule has 5 nitrogen and oxygen atoms in total. The number of halogens is 2. The maximum atomic E-state index is 12.7. The standard InChI is InChI=1S/C15H13Cl2NO4/c1-18-9(7-13(19)20)6-12(22-2)14(18)15(21)10-4-3-8(16)5-11(10)17/h3-6H,7H2,1-2H3,(H,19,20). The Bertz CT molecular complexity index is 752. The molecule has 1 aromatic carbocycles. The van der Waals surface area contributed by atoms with Crippen LogP contribution < -0.4 is 4.74 Å². The minimum atomic E-state index is -0.994. The van der Waals surface area contributed by atoms with Crippen LogP contribution in [0.15, 0.2) is 24.3 Å². The van der Waals surface area contributed by atoms with Crippen LogP contribution in [0.4, 0.5) is 0 Å². The number of hydrogen-bond acceptors (Lipinski definition) is 3. The summed E-state index contributed by atoms with van der Waals surface area (Å²) in [6, 6.07) is 6.10. The molecule has 1 heterocycles. The second-order valence-corrected chi connectivity index (χ2v) is 5.48. The van der Waals surface area contributed by atoms with E-state index < -0.39 is 5.97 Å². The van der Waals surface area contributed by atoms with Crippen molar-refractivity contribution >= 4 is 35.0 Å². The minimum Gasteiger partial charge on any atom is -0.494 e. The number of ether oxygens (including phenoxy) is 1. The molecular formula is C15H13Cl2NO4. The Hall–Kier alpha value is -1.98. The van der Waals surface area contributed by atoms with Crippen LogP contribution in [0, 0.1) is 0 Å². The summed E-state index contributed by atoms with van der Waals surface area (Å²) < 4.78 is 6.69. The Morgan fingerprint density at radius 1 is 1.27 bits per heavy atom. The second-order valence-electron chi connectivity index (χ2n) is 4.64. The molecule has 0 aliphatic rings. The highest BCUT2D eigenvalue weighted by Gasteiger charge is 2.24. The van der Waals surface area contributed by atoms with Gasteiger partial charge in [0, 0.05) is 29.4 Å². The van der Waals surface area contributed by atoms with Crippen LogP contribution >= 0.6 is 23.2 Å². The van der Waals surface area contributed by atoms with E-state index in [0.29, 0.717) is 16.5 Å². The van der Waals surface area contributed by atoms with Crippen molar-refractivity contribution in [2.45, 2.75) is 6.42 Å². The molecule has 0 aliphatic carbocycles. The number of ketones is 1. The van der Waals surface area contributed by atoms with E-state index in [1.165, 1.54) is 29.9 Å². The summed E-state index contributed by atoms with van der Waals surface area (Å²) in [6.07, 6.45) is -0.214. The number of methoxy groups -OCH3 is 1. The molecule has 0 spiro atoms. The summed E-state index contributed by atoms with van der Waals surface area (Å²) in [7, 11) is 3.03. The van der Waals surface area contributed by atoms with Gasteiger partial charge in [-0.25, -0.2) is 0 Å². The van der Waals surface area contributed by atoms with Crippen molar-refractivity contribution in [3.63, 3.8) is 0 Å². The summed E-state index contributed by atoms with van der Waals surface area (Å²) in [5, 5.41) is 9.57. The Labute approximate surface area is 137 Å². The van der Waals surface area contributed by atoms with Crippen LogP contribution in [0.2, 0.25) is 10.0 Å². The molecule has 0 fully saturated rings. The predicted molar refractivity (Wildman–Crippen MR) is 83.2 cm³/mol. The summed E-state index contributed by atoms with van der Waals surface area (Å²) in [5.41, 5.74) is 0.966. The lowest BCUT2D eigenvalue weighted by molar-refractivity contribution is -0.136. The lowest BCUT2D eigenvalue weighted by Gasteiger charge is -2.09. The molecule has 0 radical (unpaired) electrons. The number of nitrogens with zero attached hydrogens (tertiary/aromatic N) is 1. The quantitative estimate of drug-likeness (QED) is 0.848. The molecule has 0 atom stereocenters. The SMILES string of the molecule is COc1cc(CC(=O)O)n(C)c1C(=O)c1ccc(Cl)cc1Cl. The van der Waals surface area contributed by atoms with Gasteiger partial charge < -0.3 is 14.4 Å². The number of carbonyl (C=O) groups excluding carboxylic acids is 1. The van der Waals surface area contributed by atoms with Crippen molar-refractivity contribution in [2.75, 3.05) is 7.11 Å². The van der Waals surface area contributed by atoms with E-state index in [4.69, 9.17) is 33.0 Å². The van der Waals surface area contributed by atoms with Gasteiger partial charge in [0.1, 0.15) is 11.4 Å². The van der Waals surface area contributed by atoms with E-state index in [2.05, 4.69) is 0 Å². The van der Waals surface area contributed by atoms with Crippen molar-refractivity contribution in [3.8, 4) is 5.75 Å². The minimum absolute atomic E-state index is 0.214. The first-order valence-corrected chi connectivity index (χ1v) is 7.05. The van der Waals surface area contributed by atoms with Gasteiger partial charge in [-0.05, 0) is 18.2 Å². The molecule has 0 amide bonds. The number of rotatable bonds is 5. The van der Waals surface area contributed by atoms with Crippen molar-refractivity contribution in [2.24, 2.45) is 7.05 Å². The van der Waals surface area contributed by atoms with Crippen molar-refractivity contribution in [3.05, 3.63) is 51.3 Å². The molecule has 2 aromatic rings. The summed E-state index contributed by atoms with van der Waals surface area (Å²) >= 11 is 11.9.